The maximum Gasteiger partial charge on any atom is 0.260 e. The van der Waals surface area contributed by atoms with Gasteiger partial charge in [0.25, 0.3) is 5.91 Å². The lowest BCUT2D eigenvalue weighted by atomic mass is 10.2. The number of benzene rings is 2. The molecule has 33 heavy (non-hydrogen) atoms. The van der Waals surface area contributed by atoms with Gasteiger partial charge >= 0.3 is 0 Å². The summed E-state index contributed by atoms with van der Waals surface area (Å²) in [6.45, 7) is 11.0. The summed E-state index contributed by atoms with van der Waals surface area (Å²) in [5.41, 5.74) is 1.21. The molecule has 0 aliphatic rings. The van der Waals surface area contributed by atoms with Gasteiger partial charge in [-0.3, -0.25) is 9.69 Å². The van der Waals surface area contributed by atoms with E-state index in [1.165, 1.54) is 17.6 Å². The van der Waals surface area contributed by atoms with Crippen LogP contribution in [0.15, 0.2) is 47.4 Å². The maximum atomic E-state index is 13.5. The van der Waals surface area contributed by atoms with Crippen LogP contribution in [-0.2, 0) is 9.84 Å². The minimum atomic E-state index is -3.33. The number of aromatic nitrogens is 1. The number of carbonyl (C=O) groups is 1. The Labute approximate surface area is 199 Å². The number of amides is 1. The van der Waals surface area contributed by atoms with E-state index in [1.807, 2.05) is 13.8 Å². The third-order valence-electron chi connectivity index (χ3n) is 5.26. The number of carbonyl (C=O) groups excluding carboxylic acids is 1. The highest BCUT2D eigenvalue weighted by atomic mass is 32.2. The summed E-state index contributed by atoms with van der Waals surface area (Å²) in [5.74, 6) is 0.560. The molecule has 0 aliphatic carbocycles. The number of hydrogen-bond donors (Lipinski definition) is 0. The zero-order chi connectivity index (χ0) is 24.2. The normalized spacial score (nSPS) is 12.0. The van der Waals surface area contributed by atoms with Gasteiger partial charge in [-0.15, -0.1) is 0 Å². The molecule has 1 heterocycles. The van der Waals surface area contributed by atoms with Crippen LogP contribution >= 0.6 is 11.3 Å². The van der Waals surface area contributed by atoms with Crippen LogP contribution in [0.4, 0.5) is 5.13 Å². The van der Waals surface area contributed by atoms with Crippen LogP contribution in [0.25, 0.3) is 10.2 Å². The predicted octanol–water partition coefficient (Wildman–Crippen LogP) is 4.48. The van der Waals surface area contributed by atoms with Gasteiger partial charge in [-0.1, -0.05) is 25.2 Å². The molecule has 2 aromatic carbocycles. The van der Waals surface area contributed by atoms with Crippen molar-refractivity contribution in [3.8, 4) is 5.75 Å². The Balaban J connectivity index is 1.96. The molecule has 7 nitrogen and oxygen atoms in total. The van der Waals surface area contributed by atoms with Crippen molar-refractivity contribution in [3.05, 3.63) is 48.0 Å². The van der Waals surface area contributed by atoms with Crippen LogP contribution in [0.3, 0.4) is 0 Å². The molecule has 0 unspecified atom stereocenters. The summed E-state index contributed by atoms with van der Waals surface area (Å²) in [7, 11) is -3.33. The van der Waals surface area contributed by atoms with Crippen molar-refractivity contribution in [1.82, 2.24) is 9.88 Å². The molecule has 1 amide bonds. The number of fused-ring (bicyclic) bond motifs is 1. The standard InChI is InChI=1S/C24H31N3O4S2/c1-6-26(7-2)14-15-27(23(28)18-8-10-19(11-9-18)31-17(3)4)24-25-21-13-12-20(33(5,29)30)16-22(21)32-24/h8-13,16-17H,6-7,14-15H2,1-5H3. The molecule has 1 aromatic heterocycles. The molecule has 3 aromatic rings. The zero-order valence-corrected chi connectivity index (χ0v) is 21.4. The fraction of sp³-hybridized carbons (Fsp3) is 0.417. The first-order valence-electron chi connectivity index (χ1n) is 11.0. The smallest absolute Gasteiger partial charge is 0.260 e. The Bertz CT molecular complexity index is 1200. The summed E-state index contributed by atoms with van der Waals surface area (Å²) < 4.78 is 30.3. The average Bonchev–Trinajstić information content (AvgIpc) is 3.19. The number of anilines is 1. The van der Waals surface area contributed by atoms with E-state index in [1.54, 1.807) is 47.4 Å². The van der Waals surface area contributed by atoms with Crippen LogP contribution < -0.4 is 9.64 Å². The summed E-state index contributed by atoms with van der Waals surface area (Å²) in [6.07, 6.45) is 1.24. The van der Waals surface area contributed by atoms with Crippen LogP contribution in [0.5, 0.6) is 5.75 Å². The monoisotopic (exact) mass is 489 g/mol. The molecule has 9 heteroatoms. The molecule has 178 valence electrons. The third kappa shape index (κ3) is 6.31. The molecule has 0 bridgehead atoms. The Morgan fingerprint density at radius 1 is 1.06 bits per heavy atom. The summed E-state index contributed by atoms with van der Waals surface area (Å²) in [5, 5.41) is 0.551. The van der Waals surface area contributed by atoms with Gasteiger partial charge in [0.05, 0.1) is 21.2 Å². The van der Waals surface area contributed by atoms with Gasteiger partial charge in [0.1, 0.15) is 5.75 Å². The Morgan fingerprint density at radius 2 is 1.73 bits per heavy atom. The van der Waals surface area contributed by atoms with Crippen molar-refractivity contribution in [1.29, 1.82) is 0 Å². The number of ether oxygens (including phenoxy) is 1. The Morgan fingerprint density at radius 3 is 2.30 bits per heavy atom. The van der Waals surface area contributed by atoms with E-state index in [0.29, 0.717) is 35.1 Å². The van der Waals surface area contributed by atoms with Crippen LogP contribution in [0, 0.1) is 0 Å². The van der Waals surface area contributed by atoms with Crippen molar-refractivity contribution >= 4 is 42.4 Å². The largest absolute Gasteiger partial charge is 0.491 e. The van der Waals surface area contributed by atoms with E-state index in [2.05, 4.69) is 23.7 Å². The van der Waals surface area contributed by atoms with E-state index in [9.17, 15) is 13.2 Å². The molecular weight excluding hydrogens is 458 g/mol. The summed E-state index contributed by atoms with van der Waals surface area (Å²) >= 11 is 1.32. The van der Waals surface area contributed by atoms with E-state index >= 15 is 0 Å². The molecule has 0 N–H and O–H groups in total. The van der Waals surface area contributed by atoms with E-state index in [4.69, 9.17) is 4.74 Å². The molecule has 0 saturated heterocycles. The van der Waals surface area contributed by atoms with E-state index in [0.717, 1.165) is 17.8 Å². The highest BCUT2D eigenvalue weighted by Crippen LogP contribution is 2.31. The lowest BCUT2D eigenvalue weighted by Crippen LogP contribution is -2.38. The quantitative estimate of drug-likeness (QED) is 0.418. The molecule has 0 fully saturated rings. The highest BCUT2D eigenvalue weighted by molar-refractivity contribution is 7.90. The van der Waals surface area contributed by atoms with Crippen molar-refractivity contribution in [2.24, 2.45) is 0 Å². The summed E-state index contributed by atoms with van der Waals surface area (Å²) in [4.78, 5) is 22.3. The van der Waals surface area contributed by atoms with Gasteiger partial charge in [0.2, 0.25) is 0 Å². The highest BCUT2D eigenvalue weighted by Gasteiger charge is 2.22. The van der Waals surface area contributed by atoms with Gasteiger partial charge in [0.15, 0.2) is 15.0 Å². The van der Waals surface area contributed by atoms with E-state index < -0.39 is 9.84 Å². The number of sulfone groups is 1. The van der Waals surface area contributed by atoms with Crippen LogP contribution in [-0.4, -0.2) is 62.7 Å². The zero-order valence-electron chi connectivity index (χ0n) is 19.7. The van der Waals surface area contributed by atoms with Crippen molar-refractivity contribution in [3.63, 3.8) is 0 Å². The lowest BCUT2D eigenvalue weighted by Gasteiger charge is -2.24. The molecule has 0 atom stereocenters. The summed E-state index contributed by atoms with van der Waals surface area (Å²) in [6, 6.07) is 12.0. The number of likely N-dealkylation sites (N-methyl/N-ethyl adjacent to an activating group) is 1. The van der Waals surface area contributed by atoms with Crippen LogP contribution in [0.1, 0.15) is 38.1 Å². The fourth-order valence-corrected chi connectivity index (χ4v) is 5.16. The van der Waals surface area contributed by atoms with Crippen molar-refractivity contribution in [2.75, 3.05) is 37.3 Å². The van der Waals surface area contributed by atoms with Gasteiger partial charge in [-0.05, 0) is 69.4 Å². The third-order valence-corrected chi connectivity index (χ3v) is 7.41. The first kappa shape index (κ1) is 25.1. The second-order valence-electron chi connectivity index (χ2n) is 8.07. The first-order valence-corrected chi connectivity index (χ1v) is 13.7. The fourth-order valence-electron chi connectivity index (χ4n) is 3.41. The number of hydrogen-bond acceptors (Lipinski definition) is 7. The number of nitrogens with zero attached hydrogens (tertiary/aromatic N) is 3. The lowest BCUT2D eigenvalue weighted by molar-refractivity contribution is 0.0983. The first-order chi connectivity index (χ1) is 15.6. The molecule has 0 spiro atoms. The van der Waals surface area contributed by atoms with Crippen molar-refractivity contribution in [2.45, 2.75) is 38.7 Å². The second-order valence-corrected chi connectivity index (χ2v) is 11.1. The number of thiazole rings is 1. The molecule has 0 aliphatic heterocycles. The minimum absolute atomic E-state index is 0.0525. The van der Waals surface area contributed by atoms with Crippen molar-refractivity contribution < 1.29 is 17.9 Å². The Kier molecular flexibility index (Phi) is 8.10. The molecule has 3 rings (SSSR count). The SMILES string of the molecule is CCN(CC)CCN(C(=O)c1ccc(OC(C)C)cc1)c1nc2ccc(S(C)(=O)=O)cc2s1. The van der Waals surface area contributed by atoms with Crippen LogP contribution in [0.2, 0.25) is 0 Å². The average molecular weight is 490 g/mol. The van der Waals surface area contributed by atoms with Gasteiger partial charge in [-0.25, -0.2) is 13.4 Å². The minimum Gasteiger partial charge on any atom is -0.491 e. The predicted molar refractivity (Wildman–Crippen MR) is 134 cm³/mol. The van der Waals surface area contributed by atoms with Gasteiger partial charge in [-0.2, -0.15) is 0 Å². The topological polar surface area (TPSA) is 79.8 Å². The maximum absolute atomic E-state index is 13.5. The second kappa shape index (κ2) is 10.6. The van der Waals surface area contributed by atoms with Gasteiger partial charge < -0.3 is 9.64 Å². The molecule has 0 radical (unpaired) electrons. The van der Waals surface area contributed by atoms with Gasteiger partial charge in [0, 0.05) is 24.9 Å². The number of rotatable bonds is 10. The van der Waals surface area contributed by atoms with E-state index in [-0.39, 0.29) is 16.9 Å². The molecule has 0 saturated carbocycles. The molecular formula is C24H31N3O4S2. The Hall–Kier alpha value is -2.49.